The molecule has 0 aliphatic carbocycles. The van der Waals surface area contributed by atoms with E-state index in [9.17, 15) is 9.59 Å². The number of carbonyl (C=O) groups is 2. The number of hydrogen-bond donors (Lipinski definition) is 3. The predicted octanol–water partition coefficient (Wildman–Crippen LogP) is 1.99. The van der Waals surface area contributed by atoms with E-state index in [1.807, 2.05) is 0 Å². The zero-order valence-electron chi connectivity index (χ0n) is 11.2. The fourth-order valence-electron chi connectivity index (χ4n) is 1.56. The molecule has 20 heavy (non-hydrogen) atoms. The van der Waals surface area contributed by atoms with Gasteiger partial charge in [0.15, 0.2) is 0 Å². The normalized spacial score (nSPS) is 9.55. The van der Waals surface area contributed by atoms with Gasteiger partial charge in [-0.15, -0.1) is 12.3 Å². The molecule has 3 N–H and O–H groups in total. The van der Waals surface area contributed by atoms with Crippen LogP contribution < -0.4 is 10.6 Å². The molecule has 0 spiro atoms. The van der Waals surface area contributed by atoms with Crippen LogP contribution in [-0.4, -0.2) is 23.7 Å². The van der Waals surface area contributed by atoms with Crippen LogP contribution in [0.4, 0.5) is 4.79 Å². The molecule has 0 fully saturated rings. The summed E-state index contributed by atoms with van der Waals surface area (Å²) in [5.74, 6) is 1.58. The summed E-state index contributed by atoms with van der Waals surface area (Å²) in [5, 5.41) is 14.2. The van der Waals surface area contributed by atoms with Gasteiger partial charge in [0.05, 0.1) is 5.56 Å². The van der Waals surface area contributed by atoms with Gasteiger partial charge in [-0.3, -0.25) is 0 Å². The van der Waals surface area contributed by atoms with Gasteiger partial charge >= 0.3 is 12.0 Å². The summed E-state index contributed by atoms with van der Waals surface area (Å²) >= 11 is 0. The second-order valence-corrected chi connectivity index (χ2v) is 4.27. The van der Waals surface area contributed by atoms with Gasteiger partial charge in [0.25, 0.3) is 0 Å². The number of unbranched alkanes of at least 4 members (excludes halogenated alkanes) is 2. The van der Waals surface area contributed by atoms with Gasteiger partial charge in [-0.05, 0) is 30.5 Å². The molecular formula is C15H18N2O3. The molecule has 0 heterocycles. The number of terminal acetylenes is 1. The maximum Gasteiger partial charge on any atom is 0.335 e. The van der Waals surface area contributed by atoms with E-state index in [1.165, 1.54) is 12.1 Å². The van der Waals surface area contributed by atoms with Crippen LogP contribution in [0.15, 0.2) is 24.3 Å². The van der Waals surface area contributed by atoms with Crippen LogP contribution in [0.25, 0.3) is 0 Å². The SMILES string of the molecule is C#CCCCCNC(=O)NCc1ccc(C(=O)O)cc1. The van der Waals surface area contributed by atoms with Crippen molar-refractivity contribution < 1.29 is 14.7 Å². The molecule has 0 aliphatic heterocycles. The zero-order valence-corrected chi connectivity index (χ0v) is 11.2. The van der Waals surface area contributed by atoms with Gasteiger partial charge in [-0.2, -0.15) is 0 Å². The van der Waals surface area contributed by atoms with Crippen molar-refractivity contribution in [3.8, 4) is 12.3 Å². The lowest BCUT2D eigenvalue weighted by Gasteiger charge is -2.07. The van der Waals surface area contributed by atoms with Crippen molar-refractivity contribution in [2.75, 3.05) is 6.54 Å². The standard InChI is InChI=1S/C15H18N2O3/c1-2-3-4-5-10-16-15(20)17-11-12-6-8-13(9-7-12)14(18)19/h1,6-9H,3-5,10-11H2,(H,18,19)(H2,16,17,20). The third-order valence-corrected chi connectivity index (χ3v) is 2.69. The molecule has 0 aliphatic rings. The molecule has 0 radical (unpaired) electrons. The highest BCUT2D eigenvalue weighted by Crippen LogP contribution is 2.04. The highest BCUT2D eigenvalue weighted by molar-refractivity contribution is 5.87. The molecule has 1 aromatic rings. The van der Waals surface area contributed by atoms with E-state index >= 15 is 0 Å². The van der Waals surface area contributed by atoms with Crippen LogP contribution in [-0.2, 0) is 6.54 Å². The van der Waals surface area contributed by atoms with Crippen molar-refractivity contribution in [2.24, 2.45) is 0 Å². The quantitative estimate of drug-likeness (QED) is 0.525. The van der Waals surface area contributed by atoms with Gasteiger partial charge in [-0.25, -0.2) is 9.59 Å². The van der Waals surface area contributed by atoms with Crippen LogP contribution in [0.1, 0.15) is 35.2 Å². The first-order chi connectivity index (χ1) is 9.63. The molecule has 5 heteroatoms. The average molecular weight is 274 g/mol. The van der Waals surface area contributed by atoms with E-state index < -0.39 is 5.97 Å². The summed E-state index contributed by atoms with van der Waals surface area (Å²) in [6, 6.07) is 6.13. The average Bonchev–Trinajstić information content (AvgIpc) is 2.45. The number of nitrogens with one attached hydrogen (secondary N) is 2. The fraction of sp³-hybridized carbons (Fsp3) is 0.333. The minimum atomic E-state index is -0.964. The van der Waals surface area contributed by atoms with Crippen molar-refractivity contribution in [2.45, 2.75) is 25.8 Å². The van der Waals surface area contributed by atoms with E-state index in [0.717, 1.165) is 24.8 Å². The minimum absolute atomic E-state index is 0.228. The Bertz CT molecular complexity index is 489. The number of carboxylic acid groups (broad SMARTS) is 1. The molecule has 106 valence electrons. The lowest BCUT2D eigenvalue weighted by atomic mass is 10.1. The lowest BCUT2D eigenvalue weighted by Crippen LogP contribution is -2.35. The van der Waals surface area contributed by atoms with Gasteiger partial charge in [0.1, 0.15) is 0 Å². The molecule has 1 rings (SSSR count). The van der Waals surface area contributed by atoms with Crippen LogP contribution in [0, 0.1) is 12.3 Å². The third-order valence-electron chi connectivity index (χ3n) is 2.69. The van der Waals surface area contributed by atoms with Crippen molar-refractivity contribution in [3.63, 3.8) is 0 Å². The zero-order chi connectivity index (χ0) is 14.8. The summed E-state index contributed by atoms with van der Waals surface area (Å²) in [7, 11) is 0. The van der Waals surface area contributed by atoms with E-state index in [0.29, 0.717) is 13.1 Å². The van der Waals surface area contributed by atoms with Crippen molar-refractivity contribution in [1.29, 1.82) is 0 Å². The summed E-state index contributed by atoms with van der Waals surface area (Å²) in [6.45, 7) is 0.946. The molecule has 0 aromatic heterocycles. The smallest absolute Gasteiger partial charge is 0.335 e. The van der Waals surface area contributed by atoms with Crippen molar-refractivity contribution in [1.82, 2.24) is 10.6 Å². The molecular weight excluding hydrogens is 256 g/mol. The Labute approximate surface area is 118 Å². The van der Waals surface area contributed by atoms with Gasteiger partial charge in [0.2, 0.25) is 0 Å². The highest BCUT2D eigenvalue weighted by atomic mass is 16.4. The highest BCUT2D eigenvalue weighted by Gasteiger charge is 2.03. The number of rotatable bonds is 7. The van der Waals surface area contributed by atoms with Crippen molar-refractivity contribution in [3.05, 3.63) is 35.4 Å². The van der Waals surface area contributed by atoms with Crippen molar-refractivity contribution >= 4 is 12.0 Å². The Kier molecular flexibility index (Phi) is 6.69. The number of urea groups is 1. The summed E-state index contributed by atoms with van der Waals surface area (Å²) in [4.78, 5) is 22.1. The van der Waals surface area contributed by atoms with Crippen LogP contribution in [0.3, 0.4) is 0 Å². The summed E-state index contributed by atoms with van der Waals surface area (Å²) < 4.78 is 0. The van der Waals surface area contributed by atoms with Crippen LogP contribution in [0.5, 0.6) is 0 Å². The number of carboxylic acids is 1. The summed E-state index contributed by atoms with van der Waals surface area (Å²) in [5.41, 5.74) is 1.07. The van der Waals surface area contributed by atoms with Gasteiger partial charge in [0, 0.05) is 19.5 Å². The lowest BCUT2D eigenvalue weighted by molar-refractivity contribution is 0.0697. The maximum atomic E-state index is 11.5. The number of aromatic carboxylic acids is 1. The molecule has 0 unspecified atom stereocenters. The van der Waals surface area contributed by atoms with E-state index in [-0.39, 0.29) is 11.6 Å². The predicted molar refractivity (Wildman–Crippen MR) is 76.3 cm³/mol. The molecule has 0 saturated carbocycles. The molecule has 1 aromatic carbocycles. The van der Waals surface area contributed by atoms with E-state index in [2.05, 4.69) is 16.6 Å². The van der Waals surface area contributed by atoms with Gasteiger partial charge < -0.3 is 15.7 Å². The number of amides is 2. The molecule has 2 amide bonds. The van der Waals surface area contributed by atoms with E-state index in [1.54, 1.807) is 12.1 Å². The fourth-order valence-corrected chi connectivity index (χ4v) is 1.56. The minimum Gasteiger partial charge on any atom is -0.478 e. The van der Waals surface area contributed by atoms with E-state index in [4.69, 9.17) is 11.5 Å². The van der Waals surface area contributed by atoms with Crippen LogP contribution >= 0.6 is 0 Å². The molecule has 0 saturated heterocycles. The number of benzene rings is 1. The second-order valence-electron chi connectivity index (χ2n) is 4.27. The molecule has 0 atom stereocenters. The Morgan fingerprint density at radius 2 is 1.85 bits per heavy atom. The van der Waals surface area contributed by atoms with Crippen LogP contribution in [0.2, 0.25) is 0 Å². The summed E-state index contributed by atoms with van der Waals surface area (Å²) in [6.07, 6.45) is 7.60. The third kappa shape index (κ3) is 5.91. The first kappa shape index (κ1) is 15.6. The molecule has 0 bridgehead atoms. The van der Waals surface area contributed by atoms with Gasteiger partial charge in [-0.1, -0.05) is 12.1 Å². The number of hydrogen-bond acceptors (Lipinski definition) is 2. The first-order valence-corrected chi connectivity index (χ1v) is 6.41. The second kappa shape index (κ2) is 8.59. The molecule has 5 nitrogen and oxygen atoms in total. The topological polar surface area (TPSA) is 78.4 Å². The Balaban J connectivity index is 2.24. The first-order valence-electron chi connectivity index (χ1n) is 6.41. The largest absolute Gasteiger partial charge is 0.478 e. The Morgan fingerprint density at radius 3 is 2.45 bits per heavy atom. The Morgan fingerprint density at radius 1 is 1.15 bits per heavy atom. The number of carbonyl (C=O) groups excluding carboxylic acids is 1. The maximum absolute atomic E-state index is 11.5. The monoisotopic (exact) mass is 274 g/mol. The Hall–Kier alpha value is -2.48.